The maximum Gasteiger partial charge on any atom is 0.256 e. The molecular formula is C20H14IN3OS. The second-order valence-electron chi connectivity index (χ2n) is 5.76. The number of thiazole rings is 1. The van der Waals surface area contributed by atoms with Crippen molar-refractivity contribution in [1.82, 2.24) is 9.97 Å². The van der Waals surface area contributed by atoms with Crippen LogP contribution in [0.1, 0.15) is 15.9 Å². The van der Waals surface area contributed by atoms with E-state index in [1.807, 2.05) is 61.5 Å². The van der Waals surface area contributed by atoms with Gasteiger partial charge < -0.3 is 5.32 Å². The third kappa shape index (κ3) is 3.22. The zero-order valence-electron chi connectivity index (χ0n) is 13.9. The highest BCUT2D eigenvalue weighted by Gasteiger charge is 2.14. The molecule has 0 radical (unpaired) electrons. The molecule has 2 aromatic heterocycles. The van der Waals surface area contributed by atoms with Crippen LogP contribution in [0.3, 0.4) is 0 Å². The molecule has 0 aliphatic carbocycles. The number of anilines is 1. The molecule has 0 unspecified atom stereocenters. The standard InChI is InChI=1S/C20H14IN3OS/c1-12-13(19-24-17-10-5-11-22-20(17)26-19)7-4-9-16(12)23-18(25)14-6-2-3-8-15(14)21/h2-11H,1H3,(H,23,25). The average Bonchev–Trinajstić information content (AvgIpc) is 3.07. The average molecular weight is 471 g/mol. The van der Waals surface area contributed by atoms with E-state index in [-0.39, 0.29) is 5.91 Å². The number of carbonyl (C=O) groups excluding carboxylic acids is 1. The second-order valence-corrected chi connectivity index (χ2v) is 7.90. The molecule has 6 heteroatoms. The zero-order valence-corrected chi connectivity index (χ0v) is 16.8. The van der Waals surface area contributed by atoms with Crippen molar-refractivity contribution in [2.45, 2.75) is 6.92 Å². The fourth-order valence-corrected chi connectivity index (χ4v) is 4.35. The minimum Gasteiger partial charge on any atom is -0.322 e. The Morgan fingerprint density at radius 2 is 1.92 bits per heavy atom. The van der Waals surface area contributed by atoms with Crippen LogP contribution in [0.2, 0.25) is 0 Å². The molecule has 128 valence electrons. The molecule has 26 heavy (non-hydrogen) atoms. The minimum atomic E-state index is -0.110. The molecule has 0 saturated carbocycles. The summed E-state index contributed by atoms with van der Waals surface area (Å²) in [6.45, 7) is 2.00. The van der Waals surface area contributed by atoms with Gasteiger partial charge in [-0.15, -0.1) is 0 Å². The quantitative estimate of drug-likeness (QED) is 0.400. The third-order valence-corrected chi connectivity index (χ3v) is 6.05. The Labute approximate surface area is 168 Å². The first kappa shape index (κ1) is 17.1. The van der Waals surface area contributed by atoms with Crippen molar-refractivity contribution in [2.75, 3.05) is 5.32 Å². The molecule has 0 atom stereocenters. The number of carbonyl (C=O) groups is 1. The number of hydrogen-bond acceptors (Lipinski definition) is 4. The van der Waals surface area contributed by atoms with Crippen molar-refractivity contribution in [3.05, 3.63) is 75.5 Å². The molecule has 1 amide bonds. The van der Waals surface area contributed by atoms with Crippen LogP contribution in [0.4, 0.5) is 5.69 Å². The Balaban J connectivity index is 1.70. The normalized spacial score (nSPS) is 10.8. The van der Waals surface area contributed by atoms with E-state index in [2.05, 4.69) is 37.9 Å². The maximum atomic E-state index is 12.6. The maximum absolute atomic E-state index is 12.6. The van der Waals surface area contributed by atoms with Crippen LogP contribution < -0.4 is 5.32 Å². The van der Waals surface area contributed by atoms with Crippen LogP contribution in [-0.2, 0) is 0 Å². The van der Waals surface area contributed by atoms with E-state index in [9.17, 15) is 4.79 Å². The Hall–Kier alpha value is -2.32. The van der Waals surface area contributed by atoms with E-state index >= 15 is 0 Å². The molecule has 0 spiro atoms. The lowest BCUT2D eigenvalue weighted by Crippen LogP contribution is -2.14. The predicted molar refractivity (Wildman–Crippen MR) is 115 cm³/mol. The number of nitrogens with one attached hydrogen (secondary N) is 1. The van der Waals surface area contributed by atoms with Gasteiger partial charge in [0.05, 0.1) is 5.56 Å². The van der Waals surface area contributed by atoms with Crippen LogP contribution in [0.5, 0.6) is 0 Å². The highest BCUT2D eigenvalue weighted by molar-refractivity contribution is 14.1. The first-order valence-electron chi connectivity index (χ1n) is 8.01. The molecule has 4 aromatic rings. The number of fused-ring (bicyclic) bond motifs is 1. The number of rotatable bonds is 3. The van der Waals surface area contributed by atoms with Crippen LogP contribution in [0.15, 0.2) is 60.8 Å². The van der Waals surface area contributed by atoms with Gasteiger partial charge in [0.1, 0.15) is 15.4 Å². The lowest BCUT2D eigenvalue weighted by Gasteiger charge is -2.12. The van der Waals surface area contributed by atoms with E-state index in [4.69, 9.17) is 0 Å². The second kappa shape index (κ2) is 7.13. The van der Waals surface area contributed by atoms with Gasteiger partial charge in [0.25, 0.3) is 5.91 Å². The SMILES string of the molecule is Cc1c(NC(=O)c2ccccc2I)cccc1-c1nc2cccnc2s1. The van der Waals surface area contributed by atoms with Gasteiger partial charge in [-0.2, -0.15) is 0 Å². The van der Waals surface area contributed by atoms with Gasteiger partial charge in [0.2, 0.25) is 0 Å². The summed E-state index contributed by atoms with van der Waals surface area (Å²) in [7, 11) is 0. The lowest BCUT2D eigenvalue weighted by molar-refractivity contribution is 0.102. The van der Waals surface area contributed by atoms with E-state index in [1.54, 1.807) is 17.5 Å². The molecule has 0 aliphatic rings. The molecule has 4 nitrogen and oxygen atoms in total. The van der Waals surface area contributed by atoms with E-state index in [1.165, 1.54) is 0 Å². The van der Waals surface area contributed by atoms with Crippen LogP contribution in [0, 0.1) is 10.5 Å². The first-order valence-corrected chi connectivity index (χ1v) is 9.90. The van der Waals surface area contributed by atoms with Gasteiger partial charge in [-0.25, -0.2) is 9.97 Å². The molecule has 0 fully saturated rings. The van der Waals surface area contributed by atoms with Crippen molar-refractivity contribution in [3.63, 3.8) is 0 Å². The number of amides is 1. The van der Waals surface area contributed by atoms with Crippen molar-refractivity contribution < 1.29 is 4.79 Å². The topological polar surface area (TPSA) is 54.9 Å². The van der Waals surface area contributed by atoms with Crippen molar-refractivity contribution in [1.29, 1.82) is 0 Å². The summed E-state index contributed by atoms with van der Waals surface area (Å²) in [6.07, 6.45) is 1.77. The summed E-state index contributed by atoms with van der Waals surface area (Å²) in [5.41, 5.74) is 4.35. The van der Waals surface area contributed by atoms with Crippen LogP contribution in [0.25, 0.3) is 20.9 Å². The number of halogens is 1. The van der Waals surface area contributed by atoms with Gasteiger partial charge in [0.15, 0.2) is 0 Å². The molecule has 0 bridgehead atoms. The highest BCUT2D eigenvalue weighted by Crippen LogP contribution is 2.33. The predicted octanol–water partition coefficient (Wildman–Crippen LogP) is 5.52. The van der Waals surface area contributed by atoms with Gasteiger partial charge in [-0.05, 0) is 65.4 Å². The fourth-order valence-electron chi connectivity index (χ4n) is 2.72. The minimum absolute atomic E-state index is 0.110. The van der Waals surface area contributed by atoms with E-state index < -0.39 is 0 Å². The third-order valence-electron chi connectivity index (χ3n) is 4.10. The molecular weight excluding hydrogens is 457 g/mol. The summed E-state index contributed by atoms with van der Waals surface area (Å²) < 4.78 is 0.925. The van der Waals surface area contributed by atoms with E-state index in [0.717, 1.165) is 35.7 Å². The Morgan fingerprint density at radius 3 is 2.73 bits per heavy atom. The summed E-state index contributed by atoms with van der Waals surface area (Å²) >= 11 is 3.73. The van der Waals surface area contributed by atoms with Crippen molar-refractivity contribution in [3.8, 4) is 10.6 Å². The van der Waals surface area contributed by atoms with Gasteiger partial charge >= 0.3 is 0 Å². The Bertz CT molecular complexity index is 1090. The summed E-state index contributed by atoms with van der Waals surface area (Å²) in [6, 6.07) is 17.3. The summed E-state index contributed by atoms with van der Waals surface area (Å²) in [5.74, 6) is -0.110. The Morgan fingerprint density at radius 1 is 1.08 bits per heavy atom. The monoisotopic (exact) mass is 471 g/mol. The molecule has 1 N–H and O–H groups in total. The lowest BCUT2D eigenvalue weighted by atomic mass is 10.1. The smallest absolute Gasteiger partial charge is 0.256 e. The molecule has 0 aliphatic heterocycles. The molecule has 4 rings (SSSR count). The fraction of sp³-hybridized carbons (Fsp3) is 0.0500. The number of nitrogens with zero attached hydrogens (tertiary/aromatic N) is 2. The summed E-state index contributed by atoms with van der Waals surface area (Å²) in [5, 5.41) is 3.93. The number of aromatic nitrogens is 2. The largest absolute Gasteiger partial charge is 0.322 e. The number of pyridine rings is 1. The van der Waals surface area contributed by atoms with Gasteiger partial charge in [-0.1, -0.05) is 35.6 Å². The van der Waals surface area contributed by atoms with Crippen LogP contribution in [-0.4, -0.2) is 15.9 Å². The number of benzene rings is 2. The highest BCUT2D eigenvalue weighted by atomic mass is 127. The first-order chi connectivity index (χ1) is 12.6. The van der Waals surface area contributed by atoms with Gasteiger partial charge in [-0.3, -0.25) is 4.79 Å². The van der Waals surface area contributed by atoms with Crippen molar-refractivity contribution >= 4 is 55.9 Å². The summed E-state index contributed by atoms with van der Waals surface area (Å²) in [4.78, 5) is 22.6. The number of hydrogen-bond donors (Lipinski definition) is 1. The van der Waals surface area contributed by atoms with Gasteiger partial charge in [0, 0.05) is 21.0 Å². The molecule has 2 aromatic carbocycles. The van der Waals surface area contributed by atoms with Crippen molar-refractivity contribution in [2.24, 2.45) is 0 Å². The molecule has 2 heterocycles. The molecule has 0 saturated heterocycles. The Kier molecular flexibility index (Phi) is 4.69. The zero-order chi connectivity index (χ0) is 18.1. The van der Waals surface area contributed by atoms with E-state index in [0.29, 0.717) is 5.56 Å². The van der Waals surface area contributed by atoms with Crippen LogP contribution >= 0.6 is 33.9 Å².